The Balaban J connectivity index is 1.61. The lowest BCUT2D eigenvalue weighted by Gasteiger charge is -2.00. The molecule has 0 bridgehead atoms. The quantitative estimate of drug-likeness (QED) is 0.705. The average Bonchev–Trinajstić information content (AvgIpc) is 2.98. The predicted octanol–water partition coefficient (Wildman–Crippen LogP) is 2.20. The molecule has 0 aliphatic rings. The monoisotopic (exact) mass is 323 g/mol. The molecule has 0 saturated carbocycles. The Hall–Kier alpha value is -3.15. The number of hydrogen-bond donors (Lipinski definition) is 2. The zero-order valence-electron chi connectivity index (χ0n) is 13.2. The molecule has 2 heterocycles. The van der Waals surface area contributed by atoms with Crippen LogP contribution in [0.3, 0.4) is 0 Å². The summed E-state index contributed by atoms with van der Waals surface area (Å²) >= 11 is 0. The van der Waals surface area contributed by atoms with Crippen LogP contribution in [0.1, 0.15) is 17.0 Å². The third kappa shape index (κ3) is 3.78. The van der Waals surface area contributed by atoms with Crippen LogP contribution in [-0.4, -0.2) is 22.6 Å². The van der Waals surface area contributed by atoms with E-state index in [1.54, 1.807) is 6.07 Å². The van der Waals surface area contributed by atoms with Crippen molar-refractivity contribution in [2.45, 2.75) is 13.3 Å². The van der Waals surface area contributed by atoms with E-state index in [0.29, 0.717) is 18.5 Å². The van der Waals surface area contributed by atoms with Gasteiger partial charge in [0.05, 0.1) is 5.69 Å². The first-order valence-corrected chi connectivity index (χ1v) is 7.62. The standard InChI is InChI=1S/C18H17N3O3/c1-12-10-15(21-24-12)8-9-19-17(22)7-6-14-11-13-4-2-3-5-16(13)20-18(14)23/h2-7,10-11H,8-9H2,1H3,(H,19,22)(H,20,23)/b7-6+. The normalized spacial score (nSPS) is 11.2. The summed E-state index contributed by atoms with van der Waals surface area (Å²) in [5, 5.41) is 7.52. The van der Waals surface area contributed by atoms with E-state index in [0.717, 1.165) is 22.4 Å². The average molecular weight is 323 g/mol. The lowest BCUT2D eigenvalue weighted by atomic mass is 10.1. The van der Waals surface area contributed by atoms with Crippen LogP contribution in [-0.2, 0) is 11.2 Å². The second-order valence-corrected chi connectivity index (χ2v) is 5.44. The molecule has 2 N–H and O–H groups in total. The van der Waals surface area contributed by atoms with Crippen LogP contribution in [0.25, 0.3) is 17.0 Å². The number of aromatic nitrogens is 2. The van der Waals surface area contributed by atoms with Gasteiger partial charge in [0, 0.05) is 36.2 Å². The minimum absolute atomic E-state index is 0.226. The summed E-state index contributed by atoms with van der Waals surface area (Å²) in [7, 11) is 0. The van der Waals surface area contributed by atoms with Gasteiger partial charge in [-0.2, -0.15) is 0 Å². The SMILES string of the molecule is Cc1cc(CCNC(=O)/C=C/c2cc3ccccc3[nH]c2=O)no1. The first-order valence-electron chi connectivity index (χ1n) is 7.62. The highest BCUT2D eigenvalue weighted by Gasteiger charge is 2.03. The van der Waals surface area contributed by atoms with Gasteiger partial charge < -0.3 is 14.8 Å². The van der Waals surface area contributed by atoms with E-state index >= 15 is 0 Å². The van der Waals surface area contributed by atoms with Crippen molar-refractivity contribution >= 4 is 22.9 Å². The van der Waals surface area contributed by atoms with E-state index in [4.69, 9.17) is 4.52 Å². The molecule has 3 rings (SSSR count). The first-order chi connectivity index (χ1) is 11.6. The van der Waals surface area contributed by atoms with Gasteiger partial charge in [-0.15, -0.1) is 0 Å². The summed E-state index contributed by atoms with van der Waals surface area (Å²) in [5.41, 5.74) is 1.78. The molecule has 0 spiro atoms. The molecule has 1 aromatic carbocycles. The van der Waals surface area contributed by atoms with Gasteiger partial charge in [0.25, 0.3) is 5.56 Å². The molecule has 122 valence electrons. The highest BCUT2D eigenvalue weighted by molar-refractivity contribution is 5.92. The summed E-state index contributed by atoms with van der Waals surface area (Å²) in [6.07, 6.45) is 3.46. The molecule has 0 radical (unpaired) electrons. The Morgan fingerprint density at radius 3 is 2.96 bits per heavy atom. The van der Waals surface area contributed by atoms with Crippen molar-refractivity contribution in [2.75, 3.05) is 6.54 Å². The number of rotatable bonds is 5. The second kappa shape index (κ2) is 6.95. The van der Waals surface area contributed by atoms with Crippen LogP contribution in [0.5, 0.6) is 0 Å². The number of fused-ring (bicyclic) bond motifs is 1. The minimum atomic E-state index is -0.261. The number of benzene rings is 1. The van der Waals surface area contributed by atoms with Crippen molar-refractivity contribution < 1.29 is 9.32 Å². The van der Waals surface area contributed by atoms with Gasteiger partial charge in [-0.3, -0.25) is 9.59 Å². The fourth-order valence-corrected chi connectivity index (χ4v) is 2.36. The van der Waals surface area contributed by atoms with E-state index in [9.17, 15) is 9.59 Å². The van der Waals surface area contributed by atoms with Crippen molar-refractivity contribution in [1.29, 1.82) is 0 Å². The van der Waals surface area contributed by atoms with Crippen LogP contribution < -0.4 is 10.9 Å². The highest BCUT2D eigenvalue weighted by Crippen LogP contribution is 2.10. The fraction of sp³-hybridized carbons (Fsp3) is 0.167. The number of aryl methyl sites for hydroxylation is 1. The molecule has 0 aliphatic heterocycles. The number of amides is 1. The molecule has 3 aromatic rings. The zero-order chi connectivity index (χ0) is 16.9. The number of pyridine rings is 1. The Morgan fingerprint density at radius 2 is 2.17 bits per heavy atom. The van der Waals surface area contributed by atoms with Crippen LogP contribution in [0.2, 0.25) is 0 Å². The van der Waals surface area contributed by atoms with Crippen molar-refractivity contribution in [3.8, 4) is 0 Å². The maximum Gasteiger partial charge on any atom is 0.255 e. The van der Waals surface area contributed by atoms with Crippen molar-refractivity contribution in [3.05, 3.63) is 69.8 Å². The van der Waals surface area contributed by atoms with Crippen LogP contribution in [0.4, 0.5) is 0 Å². The third-order valence-electron chi connectivity index (χ3n) is 3.55. The van der Waals surface area contributed by atoms with Gasteiger partial charge in [-0.25, -0.2) is 0 Å². The number of nitrogens with zero attached hydrogens (tertiary/aromatic N) is 1. The van der Waals surface area contributed by atoms with Crippen LogP contribution in [0.15, 0.2) is 51.8 Å². The molecule has 24 heavy (non-hydrogen) atoms. The maximum absolute atomic E-state index is 12.0. The topological polar surface area (TPSA) is 88.0 Å². The predicted molar refractivity (Wildman–Crippen MR) is 91.6 cm³/mol. The van der Waals surface area contributed by atoms with Gasteiger partial charge in [0.2, 0.25) is 5.91 Å². The van der Waals surface area contributed by atoms with Gasteiger partial charge in [0.15, 0.2) is 0 Å². The molecule has 0 aliphatic carbocycles. The van der Waals surface area contributed by atoms with E-state index in [1.165, 1.54) is 12.2 Å². The number of carbonyl (C=O) groups excluding carboxylic acids is 1. The van der Waals surface area contributed by atoms with Crippen LogP contribution in [0, 0.1) is 6.92 Å². The highest BCUT2D eigenvalue weighted by atomic mass is 16.5. The zero-order valence-corrected chi connectivity index (χ0v) is 13.2. The van der Waals surface area contributed by atoms with E-state index in [1.807, 2.05) is 37.3 Å². The molecular weight excluding hydrogens is 306 g/mol. The van der Waals surface area contributed by atoms with Crippen molar-refractivity contribution in [2.24, 2.45) is 0 Å². The fourth-order valence-electron chi connectivity index (χ4n) is 2.36. The Bertz CT molecular complexity index is 953. The van der Waals surface area contributed by atoms with Gasteiger partial charge in [0.1, 0.15) is 5.76 Å². The number of nitrogens with one attached hydrogen (secondary N) is 2. The lowest BCUT2D eigenvalue weighted by Crippen LogP contribution is -2.23. The van der Waals surface area contributed by atoms with E-state index in [-0.39, 0.29) is 11.5 Å². The summed E-state index contributed by atoms with van der Waals surface area (Å²) in [5.74, 6) is 0.481. The molecule has 1 amide bonds. The molecule has 2 aromatic heterocycles. The summed E-state index contributed by atoms with van der Waals surface area (Å²) in [6.45, 7) is 2.27. The molecule has 0 fully saturated rings. The molecule has 0 unspecified atom stereocenters. The minimum Gasteiger partial charge on any atom is -0.361 e. The lowest BCUT2D eigenvalue weighted by molar-refractivity contribution is -0.116. The summed E-state index contributed by atoms with van der Waals surface area (Å²) in [4.78, 5) is 26.6. The Morgan fingerprint density at radius 1 is 1.33 bits per heavy atom. The largest absolute Gasteiger partial charge is 0.361 e. The molecule has 6 nitrogen and oxygen atoms in total. The number of hydrogen-bond acceptors (Lipinski definition) is 4. The van der Waals surface area contributed by atoms with Crippen molar-refractivity contribution in [1.82, 2.24) is 15.5 Å². The second-order valence-electron chi connectivity index (χ2n) is 5.44. The van der Waals surface area contributed by atoms with Gasteiger partial charge in [-0.1, -0.05) is 23.4 Å². The summed E-state index contributed by atoms with van der Waals surface area (Å²) < 4.78 is 4.96. The van der Waals surface area contributed by atoms with Gasteiger partial charge >= 0.3 is 0 Å². The first kappa shape index (κ1) is 15.7. The van der Waals surface area contributed by atoms with E-state index in [2.05, 4.69) is 15.5 Å². The van der Waals surface area contributed by atoms with Crippen LogP contribution >= 0.6 is 0 Å². The number of H-pyrrole nitrogens is 1. The van der Waals surface area contributed by atoms with Gasteiger partial charge in [-0.05, 0) is 30.5 Å². The Kier molecular flexibility index (Phi) is 4.56. The number of carbonyl (C=O) groups is 1. The molecule has 6 heteroatoms. The van der Waals surface area contributed by atoms with Crippen molar-refractivity contribution in [3.63, 3.8) is 0 Å². The maximum atomic E-state index is 12.0. The smallest absolute Gasteiger partial charge is 0.255 e. The molecule has 0 saturated heterocycles. The molecular formula is C18H17N3O3. The Labute approximate surface area is 138 Å². The third-order valence-corrected chi connectivity index (χ3v) is 3.55. The number of aromatic amines is 1. The molecule has 0 atom stereocenters. The summed E-state index contributed by atoms with van der Waals surface area (Å²) in [6, 6.07) is 11.1. The number of para-hydroxylation sites is 1. The van der Waals surface area contributed by atoms with E-state index < -0.39 is 0 Å².